The van der Waals surface area contributed by atoms with Gasteiger partial charge in [-0.15, -0.1) is 10.2 Å². The summed E-state index contributed by atoms with van der Waals surface area (Å²) < 4.78 is 12.7. The second kappa shape index (κ2) is 5.98. The summed E-state index contributed by atoms with van der Waals surface area (Å²) in [5.41, 5.74) is 0. The highest BCUT2D eigenvalue weighted by molar-refractivity contribution is 8.00. The van der Waals surface area contributed by atoms with E-state index in [2.05, 4.69) is 40.3 Å². The van der Waals surface area contributed by atoms with E-state index >= 15 is 0 Å². The van der Waals surface area contributed by atoms with Crippen LogP contribution in [0.5, 0.6) is 0 Å². The van der Waals surface area contributed by atoms with Crippen molar-refractivity contribution in [1.29, 1.82) is 0 Å². The number of nitrogens with zero attached hydrogens (tertiary/aromatic N) is 5. The zero-order valence-corrected chi connectivity index (χ0v) is 13.6. The van der Waals surface area contributed by atoms with Gasteiger partial charge in [0.15, 0.2) is 21.1 Å². The molecule has 6 nitrogen and oxygen atoms in total. The maximum atomic E-state index is 5.40. The lowest BCUT2D eigenvalue weighted by molar-refractivity contribution is 0.567. The Morgan fingerprint density at radius 1 is 1.38 bits per heavy atom. The quantitative estimate of drug-likeness (QED) is 0.714. The van der Waals surface area contributed by atoms with Crippen molar-refractivity contribution in [2.75, 3.05) is 0 Å². The van der Waals surface area contributed by atoms with Crippen molar-refractivity contribution in [3.63, 3.8) is 0 Å². The average molecular weight is 321 g/mol. The highest BCUT2D eigenvalue weighted by Crippen LogP contribution is 2.31. The maximum Gasteiger partial charge on any atom is 0.200 e. The molecule has 0 saturated heterocycles. The molecule has 8 heteroatoms. The molecule has 3 aromatic heterocycles. The molecule has 0 bridgehead atoms. The topological polar surface area (TPSA) is 69.6 Å². The maximum absolute atomic E-state index is 5.40. The molecular formula is C13H15N5OS2. The Balaban J connectivity index is 1.88. The Hall–Kier alpha value is -1.67. The molecule has 0 spiro atoms. The number of hydrogen-bond donors (Lipinski definition) is 0. The standard InChI is InChI=1S/C13H15N5OS2/c1-4-18-11(9-6-5-7-19-9)15-16-12(18)20-13-14-10(8(2)3)17-21-13/h5-8H,4H2,1-3H3. The molecule has 0 aliphatic rings. The van der Waals surface area contributed by atoms with Crippen LogP contribution in [-0.2, 0) is 6.54 Å². The SMILES string of the molecule is CCn1c(Sc2nc(C(C)C)ns2)nnc1-c1ccco1. The fourth-order valence-corrected chi connectivity index (χ4v) is 3.56. The molecule has 0 aliphatic carbocycles. The lowest BCUT2D eigenvalue weighted by atomic mass is 10.2. The summed E-state index contributed by atoms with van der Waals surface area (Å²) in [5, 5.41) is 9.27. The summed E-state index contributed by atoms with van der Waals surface area (Å²) in [5.74, 6) is 2.66. The second-order valence-electron chi connectivity index (χ2n) is 4.70. The fourth-order valence-electron chi connectivity index (χ4n) is 1.81. The molecule has 0 aromatic carbocycles. The van der Waals surface area contributed by atoms with Gasteiger partial charge >= 0.3 is 0 Å². The normalized spacial score (nSPS) is 11.4. The predicted molar refractivity (Wildman–Crippen MR) is 81.5 cm³/mol. The minimum atomic E-state index is 0.332. The van der Waals surface area contributed by atoms with Crippen LogP contribution in [0.2, 0.25) is 0 Å². The summed E-state index contributed by atoms with van der Waals surface area (Å²) in [6.07, 6.45) is 1.64. The first-order chi connectivity index (χ1) is 10.2. The van der Waals surface area contributed by atoms with Gasteiger partial charge in [-0.1, -0.05) is 13.8 Å². The van der Waals surface area contributed by atoms with Gasteiger partial charge in [-0.25, -0.2) is 4.98 Å². The van der Waals surface area contributed by atoms with Crippen molar-refractivity contribution in [3.05, 3.63) is 24.2 Å². The molecule has 110 valence electrons. The van der Waals surface area contributed by atoms with Crippen LogP contribution in [0.1, 0.15) is 32.5 Å². The molecule has 0 N–H and O–H groups in total. The van der Waals surface area contributed by atoms with Crippen LogP contribution < -0.4 is 0 Å². The zero-order valence-electron chi connectivity index (χ0n) is 12.0. The molecule has 0 radical (unpaired) electrons. The van der Waals surface area contributed by atoms with Gasteiger partial charge < -0.3 is 4.42 Å². The third kappa shape index (κ3) is 2.86. The van der Waals surface area contributed by atoms with Crippen LogP contribution in [0, 0.1) is 0 Å². The summed E-state index contributed by atoms with van der Waals surface area (Å²) in [7, 11) is 0. The Labute approximate surface area is 130 Å². The average Bonchev–Trinajstić information content (AvgIpc) is 3.18. The Morgan fingerprint density at radius 3 is 2.86 bits per heavy atom. The minimum Gasteiger partial charge on any atom is -0.461 e. The van der Waals surface area contributed by atoms with E-state index in [4.69, 9.17) is 4.42 Å². The summed E-state index contributed by atoms with van der Waals surface area (Å²) in [6, 6.07) is 3.73. The van der Waals surface area contributed by atoms with Gasteiger partial charge in [0.2, 0.25) is 0 Å². The number of hydrogen-bond acceptors (Lipinski definition) is 7. The monoisotopic (exact) mass is 321 g/mol. The van der Waals surface area contributed by atoms with E-state index in [1.165, 1.54) is 23.3 Å². The molecule has 0 atom stereocenters. The van der Waals surface area contributed by atoms with Crippen LogP contribution in [0.25, 0.3) is 11.6 Å². The first-order valence-corrected chi connectivity index (χ1v) is 8.26. The molecule has 21 heavy (non-hydrogen) atoms. The molecule has 0 aliphatic heterocycles. The summed E-state index contributed by atoms with van der Waals surface area (Å²) in [4.78, 5) is 4.52. The van der Waals surface area contributed by atoms with E-state index in [1.54, 1.807) is 6.26 Å². The van der Waals surface area contributed by atoms with Crippen molar-refractivity contribution >= 4 is 23.3 Å². The number of furan rings is 1. The highest BCUT2D eigenvalue weighted by Gasteiger charge is 2.17. The first-order valence-electron chi connectivity index (χ1n) is 6.67. The number of aromatic nitrogens is 5. The van der Waals surface area contributed by atoms with Crippen LogP contribution in [0.3, 0.4) is 0 Å². The van der Waals surface area contributed by atoms with E-state index < -0.39 is 0 Å². The minimum absolute atomic E-state index is 0.332. The van der Waals surface area contributed by atoms with Crippen molar-refractivity contribution in [1.82, 2.24) is 24.1 Å². The molecule has 3 rings (SSSR count). The molecule has 0 unspecified atom stereocenters. The summed E-state index contributed by atoms with van der Waals surface area (Å²) >= 11 is 2.88. The zero-order chi connectivity index (χ0) is 14.8. The summed E-state index contributed by atoms with van der Waals surface area (Å²) in [6.45, 7) is 6.99. The Morgan fingerprint density at radius 2 is 2.24 bits per heavy atom. The second-order valence-corrected chi connectivity index (χ2v) is 6.67. The van der Waals surface area contributed by atoms with E-state index in [-0.39, 0.29) is 0 Å². The molecule has 3 heterocycles. The van der Waals surface area contributed by atoms with Gasteiger partial charge in [0.1, 0.15) is 5.82 Å². The predicted octanol–water partition coefficient (Wildman–Crippen LogP) is 3.68. The van der Waals surface area contributed by atoms with Gasteiger partial charge in [0.25, 0.3) is 0 Å². The van der Waals surface area contributed by atoms with Gasteiger partial charge in [-0.05, 0) is 42.4 Å². The largest absolute Gasteiger partial charge is 0.461 e. The Kier molecular flexibility index (Phi) is 4.07. The lowest BCUT2D eigenvalue weighted by Gasteiger charge is -2.03. The third-order valence-corrected chi connectivity index (χ3v) is 4.64. The highest BCUT2D eigenvalue weighted by atomic mass is 32.2. The molecule has 0 fully saturated rings. The molecule has 3 aromatic rings. The van der Waals surface area contributed by atoms with E-state index in [1.807, 2.05) is 16.7 Å². The van der Waals surface area contributed by atoms with Crippen molar-refractivity contribution in [2.24, 2.45) is 0 Å². The molecular weight excluding hydrogens is 306 g/mol. The first kappa shape index (κ1) is 14.3. The van der Waals surface area contributed by atoms with E-state index in [0.717, 1.165) is 33.4 Å². The lowest BCUT2D eigenvalue weighted by Crippen LogP contribution is -1.99. The van der Waals surface area contributed by atoms with Crippen LogP contribution >= 0.6 is 23.3 Å². The van der Waals surface area contributed by atoms with Crippen molar-refractivity contribution in [3.8, 4) is 11.6 Å². The molecule has 0 amide bonds. The van der Waals surface area contributed by atoms with Crippen LogP contribution in [0.15, 0.2) is 32.3 Å². The van der Waals surface area contributed by atoms with Gasteiger partial charge in [0, 0.05) is 12.5 Å². The fraction of sp³-hybridized carbons (Fsp3) is 0.385. The van der Waals surface area contributed by atoms with Crippen molar-refractivity contribution in [2.45, 2.75) is 42.7 Å². The van der Waals surface area contributed by atoms with Gasteiger partial charge in [-0.3, -0.25) is 4.57 Å². The molecule has 0 saturated carbocycles. The van der Waals surface area contributed by atoms with E-state index in [0.29, 0.717) is 5.92 Å². The number of rotatable bonds is 5. The smallest absolute Gasteiger partial charge is 0.200 e. The van der Waals surface area contributed by atoms with Crippen molar-refractivity contribution < 1.29 is 4.42 Å². The van der Waals surface area contributed by atoms with Gasteiger partial charge in [0.05, 0.1) is 6.26 Å². The van der Waals surface area contributed by atoms with E-state index in [9.17, 15) is 0 Å². The van der Waals surface area contributed by atoms with Gasteiger partial charge in [-0.2, -0.15) is 4.37 Å². The third-order valence-electron chi connectivity index (χ3n) is 2.89. The van der Waals surface area contributed by atoms with Crippen LogP contribution in [-0.4, -0.2) is 24.1 Å². The van der Waals surface area contributed by atoms with Crippen LogP contribution in [0.4, 0.5) is 0 Å². The Bertz CT molecular complexity index is 717.